The van der Waals surface area contributed by atoms with E-state index in [1.165, 1.54) is 5.56 Å². The maximum Gasteiger partial charge on any atom is 0.151 e. The molecule has 0 saturated carbocycles. The third-order valence-corrected chi connectivity index (χ3v) is 3.08. The van der Waals surface area contributed by atoms with E-state index in [0.717, 1.165) is 23.7 Å². The highest BCUT2D eigenvalue weighted by Crippen LogP contribution is 2.26. The van der Waals surface area contributed by atoms with E-state index in [0.29, 0.717) is 5.88 Å². The van der Waals surface area contributed by atoms with E-state index in [4.69, 9.17) is 11.6 Å². The Morgan fingerprint density at radius 2 is 2.00 bits per heavy atom. The van der Waals surface area contributed by atoms with Crippen LogP contribution in [-0.2, 0) is 5.88 Å². The van der Waals surface area contributed by atoms with Gasteiger partial charge < -0.3 is 4.90 Å². The van der Waals surface area contributed by atoms with Gasteiger partial charge in [-0.15, -0.1) is 11.6 Å². The molecule has 0 aliphatic rings. The van der Waals surface area contributed by atoms with Crippen molar-refractivity contribution < 1.29 is 0 Å². The second kappa shape index (κ2) is 5.83. The van der Waals surface area contributed by atoms with Gasteiger partial charge in [0.25, 0.3) is 0 Å². The molecule has 1 aromatic heterocycles. The molecule has 94 valence electrons. The van der Waals surface area contributed by atoms with Crippen LogP contribution in [0.1, 0.15) is 18.2 Å². The third kappa shape index (κ3) is 2.62. The SMILES string of the molecule is CCN(c1cncc(CCl)n1)c1ccccc1C. The van der Waals surface area contributed by atoms with Crippen molar-refractivity contribution in [1.29, 1.82) is 0 Å². The molecule has 0 unspecified atom stereocenters. The minimum atomic E-state index is 0.381. The number of aromatic nitrogens is 2. The molecule has 2 aromatic rings. The summed E-state index contributed by atoms with van der Waals surface area (Å²) in [6.07, 6.45) is 3.47. The molecule has 0 aliphatic carbocycles. The Balaban J connectivity index is 2.42. The zero-order valence-corrected chi connectivity index (χ0v) is 11.4. The lowest BCUT2D eigenvalue weighted by atomic mass is 10.2. The quantitative estimate of drug-likeness (QED) is 0.786. The number of alkyl halides is 1. The van der Waals surface area contributed by atoms with Crippen LogP contribution in [0.3, 0.4) is 0 Å². The first-order chi connectivity index (χ1) is 8.76. The number of nitrogens with zero attached hydrogens (tertiary/aromatic N) is 3. The van der Waals surface area contributed by atoms with Crippen molar-refractivity contribution in [2.45, 2.75) is 19.7 Å². The van der Waals surface area contributed by atoms with E-state index in [2.05, 4.69) is 40.8 Å². The number of rotatable bonds is 4. The molecule has 3 nitrogen and oxygen atoms in total. The molecule has 1 heterocycles. The van der Waals surface area contributed by atoms with Crippen LogP contribution in [0.25, 0.3) is 0 Å². The van der Waals surface area contributed by atoms with E-state index in [-0.39, 0.29) is 0 Å². The van der Waals surface area contributed by atoms with Crippen molar-refractivity contribution in [2.75, 3.05) is 11.4 Å². The van der Waals surface area contributed by atoms with Crippen LogP contribution < -0.4 is 4.90 Å². The van der Waals surface area contributed by atoms with E-state index in [1.807, 2.05) is 12.1 Å². The lowest BCUT2D eigenvalue weighted by molar-refractivity contribution is 0.952. The highest BCUT2D eigenvalue weighted by molar-refractivity contribution is 6.16. The zero-order valence-electron chi connectivity index (χ0n) is 10.6. The molecular formula is C14H16ClN3. The van der Waals surface area contributed by atoms with Gasteiger partial charge in [0.2, 0.25) is 0 Å². The summed E-state index contributed by atoms with van der Waals surface area (Å²) in [7, 11) is 0. The molecule has 0 atom stereocenters. The molecule has 0 bridgehead atoms. The third-order valence-electron chi connectivity index (χ3n) is 2.81. The Kier molecular flexibility index (Phi) is 4.15. The molecule has 2 rings (SSSR count). The fourth-order valence-electron chi connectivity index (χ4n) is 1.91. The van der Waals surface area contributed by atoms with E-state index in [9.17, 15) is 0 Å². The number of benzene rings is 1. The molecule has 0 aliphatic heterocycles. The van der Waals surface area contributed by atoms with Gasteiger partial charge in [0.1, 0.15) is 0 Å². The number of aryl methyl sites for hydroxylation is 1. The van der Waals surface area contributed by atoms with Crippen LogP contribution in [0, 0.1) is 6.92 Å². The number of para-hydroxylation sites is 1. The van der Waals surface area contributed by atoms with Gasteiger partial charge in [-0.2, -0.15) is 0 Å². The Morgan fingerprint density at radius 1 is 1.22 bits per heavy atom. The van der Waals surface area contributed by atoms with E-state index >= 15 is 0 Å². The van der Waals surface area contributed by atoms with Gasteiger partial charge in [-0.1, -0.05) is 18.2 Å². The van der Waals surface area contributed by atoms with Crippen molar-refractivity contribution in [2.24, 2.45) is 0 Å². The standard InChI is InChI=1S/C14H16ClN3/c1-3-18(13-7-5-4-6-11(13)2)14-10-16-9-12(8-15)17-14/h4-7,9-10H,3,8H2,1-2H3. The van der Waals surface area contributed by atoms with Gasteiger partial charge in [0.15, 0.2) is 5.82 Å². The maximum atomic E-state index is 5.80. The number of halogens is 1. The summed E-state index contributed by atoms with van der Waals surface area (Å²) >= 11 is 5.80. The zero-order chi connectivity index (χ0) is 13.0. The van der Waals surface area contributed by atoms with Crippen LogP contribution in [0.4, 0.5) is 11.5 Å². The predicted octanol–water partition coefficient (Wildman–Crippen LogP) is 3.68. The monoisotopic (exact) mass is 261 g/mol. The summed E-state index contributed by atoms with van der Waals surface area (Å²) in [5.41, 5.74) is 3.17. The van der Waals surface area contributed by atoms with Crippen molar-refractivity contribution in [1.82, 2.24) is 9.97 Å². The number of anilines is 2. The molecule has 0 N–H and O–H groups in total. The molecule has 4 heteroatoms. The van der Waals surface area contributed by atoms with Gasteiger partial charge in [-0.05, 0) is 25.5 Å². The minimum absolute atomic E-state index is 0.381. The van der Waals surface area contributed by atoms with E-state index < -0.39 is 0 Å². The summed E-state index contributed by atoms with van der Waals surface area (Å²) in [5.74, 6) is 1.22. The van der Waals surface area contributed by atoms with Gasteiger partial charge >= 0.3 is 0 Å². The van der Waals surface area contributed by atoms with Gasteiger partial charge in [-0.3, -0.25) is 4.98 Å². The molecule has 1 aromatic carbocycles. The fraction of sp³-hybridized carbons (Fsp3) is 0.286. The van der Waals surface area contributed by atoms with E-state index in [1.54, 1.807) is 12.4 Å². The molecule has 0 fully saturated rings. The fourth-order valence-corrected chi connectivity index (χ4v) is 2.04. The topological polar surface area (TPSA) is 29.0 Å². The van der Waals surface area contributed by atoms with Crippen LogP contribution in [0.15, 0.2) is 36.7 Å². The van der Waals surface area contributed by atoms with Gasteiger partial charge in [0.05, 0.1) is 17.8 Å². The second-order valence-corrected chi connectivity index (χ2v) is 4.30. The summed E-state index contributed by atoms with van der Waals surface area (Å²) in [6, 6.07) is 8.25. The van der Waals surface area contributed by atoms with Gasteiger partial charge in [-0.25, -0.2) is 4.98 Å². The largest absolute Gasteiger partial charge is 0.325 e. The average molecular weight is 262 g/mol. The first-order valence-electron chi connectivity index (χ1n) is 5.96. The molecule has 0 amide bonds. The highest BCUT2D eigenvalue weighted by atomic mass is 35.5. The maximum absolute atomic E-state index is 5.80. The smallest absolute Gasteiger partial charge is 0.151 e. The first kappa shape index (κ1) is 12.8. The predicted molar refractivity (Wildman–Crippen MR) is 75.4 cm³/mol. The van der Waals surface area contributed by atoms with Crippen LogP contribution >= 0.6 is 11.6 Å². The summed E-state index contributed by atoms with van der Waals surface area (Å²) in [4.78, 5) is 10.8. The van der Waals surface area contributed by atoms with Crippen molar-refractivity contribution in [3.8, 4) is 0 Å². The highest BCUT2D eigenvalue weighted by Gasteiger charge is 2.11. The molecule has 0 spiro atoms. The Hall–Kier alpha value is -1.61. The number of hydrogen-bond donors (Lipinski definition) is 0. The first-order valence-corrected chi connectivity index (χ1v) is 6.49. The number of hydrogen-bond acceptors (Lipinski definition) is 3. The van der Waals surface area contributed by atoms with Gasteiger partial charge in [0, 0.05) is 18.4 Å². The summed E-state index contributed by atoms with van der Waals surface area (Å²) in [6.45, 7) is 5.03. The Bertz CT molecular complexity index is 528. The van der Waals surface area contributed by atoms with Crippen LogP contribution in [-0.4, -0.2) is 16.5 Å². The lowest BCUT2D eigenvalue weighted by Crippen LogP contribution is -2.19. The summed E-state index contributed by atoms with van der Waals surface area (Å²) in [5, 5.41) is 0. The second-order valence-electron chi connectivity index (χ2n) is 4.03. The molecule has 0 saturated heterocycles. The normalized spacial score (nSPS) is 10.4. The average Bonchev–Trinajstić information content (AvgIpc) is 2.42. The van der Waals surface area contributed by atoms with Crippen molar-refractivity contribution >= 4 is 23.1 Å². The molecule has 0 radical (unpaired) electrons. The van der Waals surface area contributed by atoms with Crippen molar-refractivity contribution in [3.63, 3.8) is 0 Å². The lowest BCUT2D eigenvalue weighted by Gasteiger charge is -2.23. The minimum Gasteiger partial charge on any atom is -0.325 e. The Labute approximate surface area is 112 Å². The summed E-state index contributed by atoms with van der Waals surface area (Å²) < 4.78 is 0. The van der Waals surface area contributed by atoms with Crippen LogP contribution in [0.5, 0.6) is 0 Å². The Morgan fingerprint density at radius 3 is 2.67 bits per heavy atom. The van der Waals surface area contributed by atoms with Crippen molar-refractivity contribution in [3.05, 3.63) is 47.9 Å². The molecular weight excluding hydrogens is 246 g/mol. The molecule has 18 heavy (non-hydrogen) atoms. The van der Waals surface area contributed by atoms with Crippen LogP contribution in [0.2, 0.25) is 0 Å².